The zero-order valence-corrected chi connectivity index (χ0v) is 18.1. The number of amides is 3. The number of methoxy groups -OCH3 is 1. The van der Waals surface area contributed by atoms with Crippen LogP contribution in [0.5, 0.6) is 11.5 Å². The van der Waals surface area contributed by atoms with Crippen molar-refractivity contribution in [2.24, 2.45) is 5.92 Å². The number of nitrogens with one attached hydrogen (secondary N) is 1. The maximum atomic E-state index is 12.6. The van der Waals surface area contributed by atoms with E-state index in [4.69, 9.17) is 21.1 Å². The highest BCUT2D eigenvalue weighted by molar-refractivity contribution is 8.18. The van der Waals surface area contributed by atoms with Crippen LogP contribution >= 0.6 is 23.4 Å². The number of thioether (sulfide) groups is 1. The van der Waals surface area contributed by atoms with Gasteiger partial charge in [0.15, 0.2) is 11.5 Å². The van der Waals surface area contributed by atoms with Crippen molar-refractivity contribution in [3.05, 3.63) is 40.3 Å². The Labute approximate surface area is 179 Å². The molecular weight excluding hydrogens is 416 g/mol. The first-order chi connectivity index (χ1) is 13.8. The summed E-state index contributed by atoms with van der Waals surface area (Å²) in [7, 11) is 1.47. The summed E-state index contributed by atoms with van der Waals surface area (Å²) < 4.78 is 10.8. The quantitative estimate of drug-likeness (QED) is 0.467. The minimum Gasteiger partial charge on any atom is -0.493 e. The number of hydrogen-bond donors (Lipinski definition) is 1. The molecule has 0 atom stereocenters. The second-order valence-electron chi connectivity index (χ2n) is 6.60. The Bertz CT molecular complexity index is 854. The van der Waals surface area contributed by atoms with Crippen LogP contribution in [0.3, 0.4) is 0 Å². The molecule has 0 radical (unpaired) electrons. The Kier molecular flexibility index (Phi) is 8.16. The van der Waals surface area contributed by atoms with E-state index in [0.29, 0.717) is 28.6 Å². The van der Waals surface area contributed by atoms with Crippen LogP contribution in [0.15, 0.2) is 29.7 Å². The molecule has 1 saturated heterocycles. The van der Waals surface area contributed by atoms with E-state index in [2.05, 4.69) is 11.9 Å². The van der Waals surface area contributed by atoms with Crippen molar-refractivity contribution < 1.29 is 23.9 Å². The molecule has 7 nitrogen and oxygen atoms in total. The number of halogens is 1. The standard InChI is InChI=1S/C20H23ClN2O5S/c1-5-6-28-18-14(21)7-13(8-15(18)27-4)9-16-19(25)23(20(26)29-16)11-17(24)22-10-12(2)3/h5,7-9,12H,1,6,10-11H2,2-4H3,(H,22,24)/b16-9-. The maximum Gasteiger partial charge on any atom is 0.294 e. The molecule has 1 aliphatic rings. The zero-order valence-electron chi connectivity index (χ0n) is 16.5. The molecule has 29 heavy (non-hydrogen) atoms. The Hall–Kier alpha value is -2.45. The predicted molar refractivity (Wildman–Crippen MR) is 114 cm³/mol. The van der Waals surface area contributed by atoms with Crippen LogP contribution in [0.25, 0.3) is 6.08 Å². The Balaban J connectivity index is 2.19. The van der Waals surface area contributed by atoms with Crippen molar-refractivity contribution in [1.82, 2.24) is 10.2 Å². The molecule has 1 aromatic rings. The van der Waals surface area contributed by atoms with Gasteiger partial charge in [-0.15, -0.1) is 0 Å². The van der Waals surface area contributed by atoms with E-state index >= 15 is 0 Å². The number of ether oxygens (including phenoxy) is 2. The van der Waals surface area contributed by atoms with Gasteiger partial charge in [0.2, 0.25) is 5.91 Å². The van der Waals surface area contributed by atoms with Crippen molar-refractivity contribution in [3.8, 4) is 11.5 Å². The van der Waals surface area contributed by atoms with E-state index in [1.165, 1.54) is 13.2 Å². The summed E-state index contributed by atoms with van der Waals surface area (Å²) >= 11 is 7.04. The van der Waals surface area contributed by atoms with Gasteiger partial charge in [0, 0.05) is 6.54 Å². The highest BCUT2D eigenvalue weighted by atomic mass is 35.5. The third-order valence-corrected chi connectivity index (χ3v) is 4.97. The van der Waals surface area contributed by atoms with Gasteiger partial charge < -0.3 is 14.8 Å². The molecule has 9 heteroatoms. The molecule has 0 spiro atoms. The van der Waals surface area contributed by atoms with Crippen LogP contribution in [-0.2, 0) is 9.59 Å². The smallest absolute Gasteiger partial charge is 0.294 e. The van der Waals surface area contributed by atoms with Crippen molar-refractivity contribution in [2.75, 3.05) is 26.8 Å². The van der Waals surface area contributed by atoms with Crippen molar-refractivity contribution in [2.45, 2.75) is 13.8 Å². The molecule has 2 rings (SSSR count). The van der Waals surface area contributed by atoms with Gasteiger partial charge in [-0.25, -0.2) is 0 Å². The molecule has 156 valence electrons. The minimum absolute atomic E-state index is 0.199. The number of rotatable bonds is 9. The van der Waals surface area contributed by atoms with Crippen LogP contribution < -0.4 is 14.8 Å². The van der Waals surface area contributed by atoms with Gasteiger partial charge in [-0.1, -0.05) is 38.1 Å². The topological polar surface area (TPSA) is 84.9 Å². The van der Waals surface area contributed by atoms with Crippen LogP contribution in [0.2, 0.25) is 5.02 Å². The molecule has 0 bridgehead atoms. The van der Waals surface area contributed by atoms with Gasteiger partial charge in [0.1, 0.15) is 13.2 Å². The summed E-state index contributed by atoms with van der Waals surface area (Å²) in [6.45, 7) is 7.92. The van der Waals surface area contributed by atoms with Gasteiger partial charge in [-0.2, -0.15) is 0 Å². The van der Waals surface area contributed by atoms with Crippen molar-refractivity contribution >= 4 is 46.5 Å². The van der Waals surface area contributed by atoms with E-state index < -0.39 is 11.1 Å². The van der Waals surface area contributed by atoms with Gasteiger partial charge in [0.05, 0.1) is 17.0 Å². The van der Waals surface area contributed by atoms with E-state index in [0.717, 1.165) is 16.7 Å². The van der Waals surface area contributed by atoms with Gasteiger partial charge in [-0.05, 0) is 41.5 Å². The maximum absolute atomic E-state index is 12.6. The van der Waals surface area contributed by atoms with Crippen LogP contribution in [-0.4, -0.2) is 48.8 Å². The van der Waals surface area contributed by atoms with Gasteiger partial charge in [-0.3, -0.25) is 19.3 Å². The Morgan fingerprint density at radius 1 is 1.38 bits per heavy atom. The average Bonchev–Trinajstić information content (AvgIpc) is 2.92. The summed E-state index contributed by atoms with van der Waals surface area (Å²) in [5.41, 5.74) is 0.563. The summed E-state index contributed by atoms with van der Waals surface area (Å²) in [4.78, 5) is 37.9. The highest BCUT2D eigenvalue weighted by Crippen LogP contribution is 2.38. The van der Waals surface area contributed by atoms with Gasteiger partial charge >= 0.3 is 0 Å². The number of benzene rings is 1. The predicted octanol–water partition coefficient (Wildman–Crippen LogP) is 3.72. The highest BCUT2D eigenvalue weighted by Gasteiger charge is 2.36. The largest absolute Gasteiger partial charge is 0.493 e. The molecule has 0 unspecified atom stereocenters. The number of hydrogen-bond acceptors (Lipinski definition) is 6. The second-order valence-corrected chi connectivity index (χ2v) is 8.00. The number of carbonyl (C=O) groups excluding carboxylic acids is 3. The molecule has 0 saturated carbocycles. The third kappa shape index (κ3) is 6.01. The molecule has 0 aromatic heterocycles. The summed E-state index contributed by atoms with van der Waals surface area (Å²) in [5, 5.41) is 2.49. The van der Waals surface area contributed by atoms with Crippen molar-refractivity contribution in [1.29, 1.82) is 0 Å². The molecule has 1 N–H and O–H groups in total. The van der Waals surface area contributed by atoms with E-state index in [1.807, 2.05) is 13.8 Å². The molecule has 0 aliphatic carbocycles. The van der Waals surface area contributed by atoms with E-state index in [-0.39, 0.29) is 29.9 Å². The lowest BCUT2D eigenvalue weighted by molar-refractivity contribution is -0.129. The van der Waals surface area contributed by atoms with Crippen LogP contribution in [0.4, 0.5) is 4.79 Å². The fourth-order valence-electron chi connectivity index (χ4n) is 2.41. The number of carbonyl (C=O) groups is 3. The summed E-state index contributed by atoms with van der Waals surface area (Å²) in [5.74, 6) is 0.114. The lowest BCUT2D eigenvalue weighted by atomic mass is 10.1. The van der Waals surface area contributed by atoms with Crippen LogP contribution in [0, 0.1) is 5.92 Å². The molecule has 1 aromatic carbocycles. The third-order valence-electron chi connectivity index (χ3n) is 3.78. The molecule has 1 heterocycles. The fraction of sp³-hybridized carbons (Fsp3) is 0.350. The normalized spacial score (nSPS) is 15.2. The first-order valence-corrected chi connectivity index (χ1v) is 10.1. The van der Waals surface area contributed by atoms with Gasteiger partial charge in [0.25, 0.3) is 11.1 Å². The molecule has 3 amide bonds. The van der Waals surface area contributed by atoms with Crippen LogP contribution in [0.1, 0.15) is 19.4 Å². The fourth-order valence-corrected chi connectivity index (χ4v) is 3.52. The molecule has 1 fully saturated rings. The number of imide groups is 1. The SMILES string of the molecule is C=CCOc1c(Cl)cc(/C=C2\SC(=O)N(CC(=O)NCC(C)C)C2=O)cc1OC. The molecular formula is C20H23ClN2O5S. The zero-order chi connectivity index (χ0) is 21.6. The van der Waals surface area contributed by atoms with E-state index in [9.17, 15) is 14.4 Å². The van der Waals surface area contributed by atoms with Crippen molar-refractivity contribution in [3.63, 3.8) is 0 Å². The first-order valence-electron chi connectivity index (χ1n) is 8.90. The minimum atomic E-state index is -0.526. The second kappa shape index (κ2) is 10.4. The lowest BCUT2D eigenvalue weighted by Gasteiger charge is -2.13. The monoisotopic (exact) mass is 438 g/mol. The molecule has 1 aliphatic heterocycles. The Morgan fingerprint density at radius 3 is 2.72 bits per heavy atom. The summed E-state index contributed by atoms with van der Waals surface area (Å²) in [6.07, 6.45) is 3.11. The summed E-state index contributed by atoms with van der Waals surface area (Å²) in [6, 6.07) is 3.25. The first kappa shape index (κ1) is 22.8. The van der Waals surface area contributed by atoms with E-state index in [1.54, 1.807) is 18.2 Å². The Morgan fingerprint density at radius 2 is 2.10 bits per heavy atom. The lowest BCUT2D eigenvalue weighted by Crippen LogP contribution is -2.40. The number of nitrogens with zero attached hydrogens (tertiary/aromatic N) is 1. The average molecular weight is 439 g/mol.